The van der Waals surface area contributed by atoms with Gasteiger partial charge in [0.05, 0.1) is 0 Å². The predicted octanol–water partition coefficient (Wildman–Crippen LogP) is 2.42. The van der Waals surface area contributed by atoms with Crippen molar-refractivity contribution in [3.05, 3.63) is 35.6 Å². The molecule has 1 heterocycles. The standard InChI is InChI=1S/C18H28FN3O/c1-3-11-21(12-4-2)17(15-7-5-6-8-16(15)19)18(23)22-13-9-20-10-14-22/h5-8,17,20H,3-4,9-14H2,1-2H3. The number of carbonyl (C=O) groups is 1. The molecule has 1 atom stereocenters. The average Bonchev–Trinajstić information content (AvgIpc) is 2.58. The quantitative estimate of drug-likeness (QED) is 0.838. The van der Waals surface area contributed by atoms with Gasteiger partial charge in [-0.3, -0.25) is 9.69 Å². The molecule has 1 amide bonds. The fourth-order valence-electron chi connectivity index (χ4n) is 3.19. The van der Waals surface area contributed by atoms with Gasteiger partial charge in [0.25, 0.3) is 0 Å². The highest BCUT2D eigenvalue weighted by Crippen LogP contribution is 2.26. The van der Waals surface area contributed by atoms with E-state index in [1.54, 1.807) is 12.1 Å². The van der Waals surface area contributed by atoms with E-state index in [0.29, 0.717) is 18.7 Å². The Labute approximate surface area is 138 Å². The zero-order valence-corrected chi connectivity index (χ0v) is 14.2. The van der Waals surface area contributed by atoms with E-state index in [2.05, 4.69) is 24.1 Å². The minimum absolute atomic E-state index is 0.0264. The molecule has 1 unspecified atom stereocenters. The molecule has 0 saturated carbocycles. The maximum absolute atomic E-state index is 14.4. The molecule has 1 aliphatic rings. The molecule has 23 heavy (non-hydrogen) atoms. The summed E-state index contributed by atoms with van der Waals surface area (Å²) in [5.41, 5.74) is 0.498. The van der Waals surface area contributed by atoms with Crippen molar-refractivity contribution in [1.29, 1.82) is 0 Å². The van der Waals surface area contributed by atoms with E-state index in [4.69, 9.17) is 0 Å². The van der Waals surface area contributed by atoms with Gasteiger partial charge in [-0.2, -0.15) is 0 Å². The number of halogens is 1. The highest BCUT2D eigenvalue weighted by molar-refractivity contribution is 5.83. The summed E-state index contributed by atoms with van der Waals surface area (Å²) < 4.78 is 14.4. The van der Waals surface area contributed by atoms with Crippen LogP contribution in [0.3, 0.4) is 0 Å². The first-order chi connectivity index (χ1) is 11.2. The van der Waals surface area contributed by atoms with Gasteiger partial charge in [-0.05, 0) is 32.0 Å². The van der Waals surface area contributed by atoms with Crippen molar-refractivity contribution >= 4 is 5.91 Å². The van der Waals surface area contributed by atoms with Crippen LogP contribution in [0.5, 0.6) is 0 Å². The Morgan fingerprint density at radius 2 is 1.83 bits per heavy atom. The van der Waals surface area contributed by atoms with Crippen LogP contribution in [0.15, 0.2) is 24.3 Å². The van der Waals surface area contributed by atoms with Crippen LogP contribution in [0.2, 0.25) is 0 Å². The molecule has 0 bridgehead atoms. The normalized spacial score (nSPS) is 16.6. The first-order valence-electron chi connectivity index (χ1n) is 8.67. The van der Waals surface area contributed by atoms with Gasteiger partial charge in [0.2, 0.25) is 5.91 Å². The summed E-state index contributed by atoms with van der Waals surface area (Å²) in [6.07, 6.45) is 1.89. The predicted molar refractivity (Wildman–Crippen MR) is 90.7 cm³/mol. The largest absolute Gasteiger partial charge is 0.338 e. The summed E-state index contributed by atoms with van der Waals surface area (Å²) in [7, 11) is 0. The van der Waals surface area contributed by atoms with Crippen LogP contribution in [-0.4, -0.2) is 55.0 Å². The first kappa shape index (κ1) is 17.9. The Morgan fingerprint density at radius 1 is 1.22 bits per heavy atom. The number of nitrogens with zero attached hydrogens (tertiary/aromatic N) is 2. The molecular weight excluding hydrogens is 293 g/mol. The number of rotatable bonds is 7. The number of hydrogen-bond acceptors (Lipinski definition) is 3. The van der Waals surface area contributed by atoms with E-state index in [1.807, 2.05) is 11.0 Å². The molecule has 0 spiro atoms. The molecule has 4 nitrogen and oxygen atoms in total. The van der Waals surface area contributed by atoms with Crippen LogP contribution in [-0.2, 0) is 4.79 Å². The van der Waals surface area contributed by atoms with Crippen molar-refractivity contribution < 1.29 is 9.18 Å². The maximum Gasteiger partial charge on any atom is 0.244 e. The Bertz CT molecular complexity index is 497. The summed E-state index contributed by atoms with van der Waals surface area (Å²) >= 11 is 0. The molecule has 1 saturated heterocycles. The third kappa shape index (κ3) is 4.52. The van der Waals surface area contributed by atoms with E-state index in [-0.39, 0.29) is 11.7 Å². The second-order valence-corrected chi connectivity index (χ2v) is 6.04. The van der Waals surface area contributed by atoms with Crippen molar-refractivity contribution in [1.82, 2.24) is 15.1 Å². The van der Waals surface area contributed by atoms with E-state index in [0.717, 1.165) is 39.0 Å². The molecule has 0 aliphatic carbocycles. The minimum atomic E-state index is -0.519. The van der Waals surface area contributed by atoms with Gasteiger partial charge in [0, 0.05) is 31.7 Å². The maximum atomic E-state index is 14.4. The lowest BCUT2D eigenvalue weighted by molar-refractivity contribution is -0.138. The fourth-order valence-corrected chi connectivity index (χ4v) is 3.19. The highest BCUT2D eigenvalue weighted by atomic mass is 19.1. The summed E-state index contributed by atoms with van der Waals surface area (Å²) in [6, 6.07) is 6.16. The van der Waals surface area contributed by atoms with Crippen molar-refractivity contribution in [3.63, 3.8) is 0 Å². The molecule has 1 fully saturated rings. The molecule has 5 heteroatoms. The molecule has 0 radical (unpaired) electrons. The van der Waals surface area contributed by atoms with E-state index in [1.165, 1.54) is 6.07 Å². The number of hydrogen-bond donors (Lipinski definition) is 1. The Morgan fingerprint density at radius 3 is 2.39 bits per heavy atom. The van der Waals surface area contributed by atoms with E-state index >= 15 is 0 Å². The number of carbonyl (C=O) groups excluding carboxylic acids is 1. The molecule has 128 valence electrons. The summed E-state index contributed by atoms with van der Waals surface area (Å²) in [5, 5.41) is 3.26. The van der Waals surface area contributed by atoms with Crippen molar-refractivity contribution in [3.8, 4) is 0 Å². The SMILES string of the molecule is CCCN(CCC)C(C(=O)N1CCNCC1)c1ccccc1F. The average molecular weight is 321 g/mol. The number of piperazine rings is 1. The van der Waals surface area contributed by atoms with Gasteiger partial charge >= 0.3 is 0 Å². The molecule has 1 aliphatic heterocycles. The lowest BCUT2D eigenvalue weighted by atomic mass is 10.0. The molecule has 0 aromatic heterocycles. The van der Waals surface area contributed by atoms with E-state index < -0.39 is 6.04 Å². The van der Waals surface area contributed by atoms with Crippen LogP contribution in [0.1, 0.15) is 38.3 Å². The Balaban J connectivity index is 2.33. The van der Waals surface area contributed by atoms with Gasteiger partial charge in [-0.15, -0.1) is 0 Å². The number of benzene rings is 1. The third-order valence-corrected chi connectivity index (χ3v) is 4.25. The minimum Gasteiger partial charge on any atom is -0.338 e. The van der Waals surface area contributed by atoms with Crippen LogP contribution in [0.4, 0.5) is 4.39 Å². The topological polar surface area (TPSA) is 35.6 Å². The smallest absolute Gasteiger partial charge is 0.244 e. The second kappa shape index (κ2) is 8.99. The fraction of sp³-hybridized carbons (Fsp3) is 0.611. The van der Waals surface area contributed by atoms with Gasteiger partial charge in [0.15, 0.2) is 0 Å². The Kier molecular flexibility index (Phi) is 6.99. The van der Waals surface area contributed by atoms with Crippen molar-refractivity contribution in [2.75, 3.05) is 39.3 Å². The van der Waals surface area contributed by atoms with Gasteiger partial charge in [-0.25, -0.2) is 4.39 Å². The zero-order chi connectivity index (χ0) is 16.7. The monoisotopic (exact) mass is 321 g/mol. The summed E-state index contributed by atoms with van der Waals surface area (Å²) in [6.45, 7) is 8.77. The lowest BCUT2D eigenvalue weighted by Crippen LogP contribution is -2.51. The van der Waals surface area contributed by atoms with Crippen LogP contribution < -0.4 is 5.32 Å². The van der Waals surface area contributed by atoms with Crippen LogP contribution in [0.25, 0.3) is 0 Å². The van der Waals surface area contributed by atoms with Crippen molar-refractivity contribution in [2.45, 2.75) is 32.7 Å². The van der Waals surface area contributed by atoms with E-state index in [9.17, 15) is 9.18 Å². The molecule has 1 aromatic rings. The van der Waals surface area contributed by atoms with Gasteiger partial charge in [0.1, 0.15) is 11.9 Å². The number of nitrogens with one attached hydrogen (secondary N) is 1. The molecule has 1 N–H and O–H groups in total. The third-order valence-electron chi connectivity index (χ3n) is 4.25. The zero-order valence-electron chi connectivity index (χ0n) is 14.2. The second-order valence-electron chi connectivity index (χ2n) is 6.04. The summed E-state index contributed by atoms with van der Waals surface area (Å²) in [4.78, 5) is 17.1. The summed E-state index contributed by atoms with van der Waals surface area (Å²) in [5.74, 6) is -0.267. The first-order valence-corrected chi connectivity index (χ1v) is 8.67. The highest BCUT2D eigenvalue weighted by Gasteiger charge is 2.32. The van der Waals surface area contributed by atoms with Gasteiger partial charge < -0.3 is 10.2 Å². The van der Waals surface area contributed by atoms with Crippen LogP contribution >= 0.6 is 0 Å². The molecular formula is C18H28FN3O. The molecule has 2 rings (SSSR count). The van der Waals surface area contributed by atoms with Gasteiger partial charge in [-0.1, -0.05) is 32.0 Å². The van der Waals surface area contributed by atoms with Crippen LogP contribution in [0, 0.1) is 5.82 Å². The Hall–Kier alpha value is -1.46. The lowest BCUT2D eigenvalue weighted by Gasteiger charge is -2.36. The molecule has 1 aromatic carbocycles. The van der Waals surface area contributed by atoms with Crippen molar-refractivity contribution in [2.24, 2.45) is 0 Å². The number of amides is 1.